The van der Waals surface area contributed by atoms with Crippen LogP contribution in [0.15, 0.2) is 11.4 Å². The third-order valence-corrected chi connectivity index (χ3v) is 2.18. The molecular formula is C6H11N3S. The van der Waals surface area contributed by atoms with E-state index >= 15 is 0 Å². The smallest absolute Gasteiger partial charge is 0.167 e. The Kier molecular flexibility index (Phi) is 2.34. The Labute approximate surface area is 64.6 Å². The first-order valence-electron chi connectivity index (χ1n) is 3.04. The van der Waals surface area contributed by atoms with Crippen LogP contribution in [-0.4, -0.2) is 15.8 Å². The summed E-state index contributed by atoms with van der Waals surface area (Å²) in [6.45, 7) is 0.560. The molecule has 1 aromatic rings. The molecule has 4 heteroatoms. The summed E-state index contributed by atoms with van der Waals surface area (Å²) in [5.74, 6) is 0. The number of thioether (sulfide) groups is 1. The molecule has 0 aliphatic rings. The van der Waals surface area contributed by atoms with Gasteiger partial charge in [-0.3, -0.25) is 0 Å². The normalized spacial score (nSPS) is 10.3. The van der Waals surface area contributed by atoms with Gasteiger partial charge in [0.2, 0.25) is 0 Å². The number of nitrogens with zero attached hydrogens (tertiary/aromatic N) is 2. The monoisotopic (exact) mass is 157 g/mol. The average Bonchev–Trinajstić information content (AvgIpc) is 2.30. The molecule has 0 spiro atoms. The van der Waals surface area contributed by atoms with Crippen LogP contribution in [-0.2, 0) is 13.6 Å². The highest BCUT2D eigenvalue weighted by molar-refractivity contribution is 7.98. The highest BCUT2D eigenvalue weighted by Gasteiger charge is 2.01. The predicted octanol–water partition coefficient (Wildman–Crippen LogP) is 0.601. The highest BCUT2D eigenvalue weighted by Crippen LogP contribution is 2.12. The lowest BCUT2D eigenvalue weighted by Crippen LogP contribution is -2.03. The second-order valence-corrected chi connectivity index (χ2v) is 2.77. The van der Waals surface area contributed by atoms with E-state index in [1.165, 1.54) is 0 Å². The van der Waals surface area contributed by atoms with Crippen LogP contribution in [0.4, 0.5) is 0 Å². The van der Waals surface area contributed by atoms with Crippen molar-refractivity contribution in [2.45, 2.75) is 11.7 Å². The predicted molar refractivity (Wildman–Crippen MR) is 42.9 cm³/mol. The first-order chi connectivity index (χ1) is 4.79. The van der Waals surface area contributed by atoms with Gasteiger partial charge >= 0.3 is 0 Å². The van der Waals surface area contributed by atoms with E-state index in [-0.39, 0.29) is 0 Å². The van der Waals surface area contributed by atoms with Crippen LogP contribution in [0.5, 0.6) is 0 Å². The van der Waals surface area contributed by atoms with Crippen molar-refractivity contribution in [2.75, 3.05) is 6.26 Å². The van der Waals surface area contributed by atoms with Crippen molar-refractivity contribution < 1.29 is 0 Å². The number of rotatable bonds is 2. The lowest BCUT2D eigenvalue weighted by atomic mass is 10.5. The zero-order chi connectivity index (χ0) is 7.56. The number of aromatic nitrogens is 2. The molecule has 56 valence electrons. The van der Waals surface area contributed by atoms with E-state index in [2.05, 4.69) is 4.98 Å². The summed E-state index contributed by atoms with van der Waals surface area (Å²) in [7, 11) is 1.97. The molecule has 2 N–H and O–H groups in total. The quantitative estimate of drug-likeness (QED) is 0.639. The summed E-state index contributed by atoms with van der Waals surface area (Å²) in [4.78, 5) is 4.15. The summed E-state index contributed by atoms with van der Waals surface area (Å²) in [6, 6.07) is 0. The molecule has 0 aliphatic heterocycles. The van der Waals surface area contributed by atoms with Gasteiger partial charge in [-0.25, -0.2) is 4.98 Å². The Hall–Kier alpha value is -0.480. The van der Waals surface area contributed by atoms with E-state index in [1.807, 2.05) is 24.1 Å². The maximum absolute atomic E-state index is 5.45. The molecule has 0 fully saturated rings. The van der Waals surface area contributed by atoms with Crippen LogP contribution in [0.3, 0.4) is 0 Å². The SMILES string of the molecule is CSc1ncc(CN)n1C. The molecule has 0 radical (unpaired) electrons. The number of hydrogen-bond donors (Lipinski definition) is 1. The van der Waals surface area contributed by atoms with Gasteiger partial charge in [0.25, 0.3) is 0 Å². The van der Waals surface area contributed by atoms with Gasteiger partial charge in [0, 0.05) is 13.6 Å². The molecule has 0 amide bonds. The standard InChI is InChI=1S/C6H11N3S/c1-9-5(3-7)4-8-6(9)10-2/h4H,3,7H2,1-2H3. The Bertz CT molecular complexity index is 197. The summed E-state index contributed by atoms with van der Waals surface area (Å²) in [5, 5.41) is 1.01. The number of nitrogens with two attached hydrogens (primary N) is 1. The number of hydrogen-bond acceptors (Lipinski definition) is 3. The van der Waals surface area contributed by atoms with Gasteiger partial charge in [-0.05, 0) is 6.26 Å². The van der Waals surface area contributed by atoms with E-state index in [0.717, 1.165) is 10.9 Å². The molecule has 0 aromatic carbocycles. The molecule has 0 atom stereocenters. The lowest BCUT2D eigenvalue weighted by Gasteiger charge is -1.99. The van der Waals surface area contributed by atoms with Crippen molar-refractivity contribution in [1.29, 1.82) is 0 Å². The van der Waals surface area contributed by atoms with E-state index in [1.54, 1.807) is 11.8 Å². The minimum atomic E-state index is 0.560. The second-order valence-electron chi connectivity index (χ2n) is 2.00. The van der Waals surface area contributed by atoms with Crippen molar-refractivity contribution in [3.63, 3.8) is 0 Å². The van der Waals surface area contributed by atoms with Crippen LogP contribution in [0.2, 0.25) is 0 Å². The van der Waals surface area contributed by atoms with Gasteiger partial charge in [-0.15, -0.1) is 0 Å². The number of imidazole rings is 1. The fraction of sp³-hybridized carbons (Fsp3) is 0.500. The average molecular weight is 157 g/mol. The van der Waals surface area contributed by atoms with Gasteiger partial charge in [-0.2, -0.15) is 0 Å². The Morgan fingerprint density at radius 2 is 2.50 bits per heavy atom. The Balaban J connectivity index is 2.97. The summed E-state index contributed by atoms with van der Waals surface area (Å²) >= 11 is 1.63. The van der Waals surface area contributed by atoms with Gasteiger partial charge in [0.1, 0.15) is 0 Å². The molecule has 1 heterocycles. The first-order valence-corrected chi connectivity index (χ1v) is 4.26. The molecule has 0 aliphatic carbocycles. The van der Waals surface area contributed by atoms with Gasteiger partial charge in [0.15, 0.2) is 5.16 Å². The topological polar surface area (TPSA) is 43.8 Å². The van der Waals surface area contributed by atoms with E-state index in [9.17, 15) is 0 Å². The van der Waals surface area contributed by atoms with Crippen LogP contribution in [0.25, 0.3) is 0 Å². The third kappa shape index (κ3) is 1.17. The summed E-state index contributed by atoms with van der Waals surface area (Å²) in [6.07, 6.45) is 3.81. The lowest BCUT2D eigenvalue weighted by molar-refractivity contribution is 0.739. The largest absolute Gasteiger partial charge is 0.325 e. The van der Waals surface area contributed by atoms with E-state index in [0.29, 0.717) is 6.54 Å². The van der Waals surface area contributed by atoms with Gasteiger partial charge in [0.05, 0.1) is 11.9 Å². The molecule has 1 rings (SSSR count). The zero-order valence-electron chi connectivity index (χ0n) is 6.16. The fourth-order valence-electron chi connectivity index (χ4n) is 0.805. The highest BCUT2D eigenvalue weighted by atomic mass is 32.2. The van der Waals surface area contributed by atoms with Crippen LogP contribution < -0.4 is 5.73 Å². The van der Waals surface area contributed by atoms with E-state index in [4.69, 9.17) is 5.73 Å². The van der Waals surface area contributed by atoms with Crippen molar-refractivity contribution in [3.8, 4) is 0 Å². The zero-order valence-corrected chi connectivity index (χ0v) is 6.98. The van der Waals surface area contributed by atoms with Crippen molar-refractivity contribution in [3.05, 3.63) is 11.9 Å². The van der Waals surface area contributed by atoms with E-state index < -0.39 is 0 Å². The Morgan fingerprint density at radius 1 is 1.80 bits per heavy atom. The van der Waals surface area contributed by atoms with Crippen molar-refractivity contribution >= 4 is 11.8 Å². The molecule has 0 bridgehead atoms. The first kappa shape index (κ1) is 7.63. The van der Waals surface area contributed by atoms with Crippen LogP contribution in [0, 0.1) is 0 Å². The maximum atomic E-state index is 5.45. The molecule has 10 heavy (non-hydrogen) atoms. The summed E-state index contributed by atoms with van der Waals surface area (Å²) in [5.41, 5.74) is 6.52. The van der Waals surface area contributed by atoms with Gasteiger partial charge < -0.3 is 10.3 Å². The third-order valence-electron chi connectivity index (χ3n) is 1.43. The molecular weight excluding hydrogens is 146 g/mol. The minimum absolute atomic E-state index is 0.560. The minimum Gasteiger partial charge on any atom is -0.325 e. The van der Waals surface area contributed by atoms with Crippen molar-refractivity contribution in [1.82, 2.24) is 9.55 Å². The fourth-order valence-corrected chi connectivity index (χ4v) is 1.35. The maximum Gasteiger partial charge on any atom is 0.167 e. The van der Waals surface area contributed by atoms with Gasteiger partial charge in [-0.1, -0.05) is 11.8 Å². The summed E-state index contributed by atoms with van der Waals surface area (Å²) < 4.78 is 2.00. The molecule has 1 aromatic heterocycles. The van der Waals surface area contributed by atoms with Crippen LogP contribution >= 0.6 is 11.8 Å². The van der Waals surface area contributed by atoms with Crippen molar-refractivity contribution in [2.24, 2.45) is 12.8 Å². The molecule has 3 nitrogen and oxygen atoms in total. The molecule has 0 saturated heterocycles. The second kappa shape index (κ2) is 3.07. The van der Waals surface area contributed by atoms with Crippen LogP contribution in [0.1, 0.15) is 5.69 Å². The molecule has 0 unspecified atom stereocenters. The Morgan fingerprint density at radius 3 is 2.80 bits per heavy atom. The molecule has 0 saturated carbocycles.